The molecule has 0 aliphatic carbocycles. The first-order chi connectivity index (χ1) is 30.7. The number of nitrogens with zero attached hydrogens (tertiary/aromatic N) is 2. The number of ether oxygens (including phenoxy) is 8. The highest BCUT2D eigenvalue weighted by molar-refractivity contribution is 7.00. The maximum absolute atomic E-state index is 13.7. The van der Waals surface area contributed by atoms with Crippen LogP contribution in [0.3, 0.4) is 0 Å². The van der Waals surface area contributed by atoms with E-state index in [0.717, 1.165) is 29.1 Å². The Hall–Kier alpha value is -5.86. The van der Waals surface area contributed by atoms with E-state index in [-0.39, 0.29) is 54.7 Å². The number of carbonyl (C=O) groups excluding carboxylic acids is 2. The number of aromatic nitrogens is 2. The molecule has 1 atom stereocenters. The Labute approximate surface area is 387 Å². The zero-order valence-corrected chi connectivity index (χ0v) is 40.8. The van der Waals surface area contributed by atoms with Crippen LogP contribution in [0, 0.1) is 0 Å². The van der Waals surface area contributed by atoms with Crippen LogP contribution in [0.25, 0.3) is 16.6 Å². The van der Waals surface area contributed by atoms with Crippen LogP contribution < -0.4 is 33.2 Å². The van der Waals surface area contributed by atoms with Gasteiger partial charge in [-0.1, -0.05) is 6.07 Å². The molecule has 0 radical (unpaired) electrons. The van der Waals surface area contributed by atoms with Crippen LogP contribution in [0.2, 0.25) is 0 Å². The van der Waals surface area contributed by atoms with Crippen molar-refractivity contribution in [3.8, 4) is 40.2 Å². The third-order valence-electron chi connectivity index (χ3n) is 9.11. The Bertz CT molecular complexity index is 2370. The molecule has 1 aromatic heterocycles. The van der Waals surface area contributed by atoms with Gasteiger partial charge in [-0.15, -0.1) is 0 Å². The average Bonchev–Trinajstić information content (AvgIpc) is 3.77. The molecule has 0 fully saturated rings. The van der Waals surface area contributed by atoms with Gasteiger partial charge in [-0.25, -0.2) is 4.79 Å². The van der Waals surface area contributed by atoms with Gasteiger partial charge in [0.1, 0.15) is 23.1 Å². The number of carbonyl (C=O) groups is 2. The number of hydrogen-bond acceptors (Lipinski definition) is 14. The maximum atomic E-state index is 13.7. The number of aldehydes is 1. The van der Waals surface area contributed by atoms with Crippen LogP contribution >= 0.6 is 11.7 Å². The van der Waals surface area contributed by atoms with E-state index in [1.54, 1.807) is 48.5 Å². The van der Waals surface area contributed by atoms with Gasteiger partial charge < -0.3 is 43.0 Å². The number of rotatable bonds is 19. The SMILES string of the molecule is CC(C)Oc1cc(C=O)cc(OC(C)C)c1OC(C)C.CC(C)Oc1ccc(C2(O)OC(=O)C(c3ccc4nsnc4c3)=C2Cc2cc(OC(C)C)c(OC(C)C)c(OC(C)C)c2)cc1. The smallest absolute Gasteiger partial charge is 0.342 e. The van der Waals surface area contributed by atoms with Crippen molar-refractivity contribution in [2.24, 2.45) is 0 Å². The van der Waals surface area contributed by atoms with Crippen molar-refractivity contribution in [3.05, 3.63) is 94.6 Å². The number of esters is 1. The molecule has 350 valence electrons. The van der Waals surface area contributed by atoms with Crippen molar-refractivity contribution in [1.29, 1.82) is 0 Å². The third kappa shape index (κ3) is 13.1. The van der Waals surface area contributed by atoms with Gasteiger partial charge in [0.2, 0.25) is 11.5 Å². The van der Waals surface area contributed by atoms with Gasteiger partial charge in [0.05, 0.1) is 60.0 Å². The number of aliphatic hydroxyl groups is 1. The lowest BCUT2D eigenvalue weighted by Crippen LogP contribution is -2.29. The van der Waals surface area contributed by atoms with Crippen molar-refractivity contribution < 1.29 is 52.6 Å². The largest absolute Gasteiger partial charge is 0.491 e. The lowest BCUT2D eigenvalue weighted by atomic mass is 9.87. The minimum Gasteiger partial charge on any atom is -0.491 e. The molecule has 0 spiro atoms. The van der Waals surface area contributed by atoms with Crippen LogP contribution in [0.15, 0.2) is 72.3 Å². The average molecular weight is 913 g/mol. The van der Waals surface area contributed by atoms with E-state index < -0.39 is 11.8 Å². The molecule has 6 rings (SSSR count). The Morgan fingerprint density at radius 3 is 1.48 bits per heavy atom. The van der Waals surface area contributed by atoms with Crippen molar-refractivity contribution in [2.75, 3.05) is 0 Å². The second-order valence-corrected chi connectivity index (χ2v) is 18.1. The normalized spacial score (nSPS) is 15.0. The fourth-order valence-electron chi connectivity index (χ4n) is 6.91. The number of benzene rings is 4. The quantitative estimate of drug-likeness (QED) is 0.0618. The van der Waals surface area contributed by atoms with Gasteiger partial charge in [-0.3, -0.25) is 4.79 Å². The van der Waals surface area contributed by atoms with Crippen molar-refractivity contribution >= 4 is 40.6 Å². The number of cyclic esters (lactones) is 1. The molecule has 0 bridgehead atoms. The van der Waals surface area contributed by atoms with Crippen LogP contribution in [0.1, 0.15) is 124 Å². The van der Waals surface area contributed by atoms with E-state index in [4.69, 9.17) is 37.9 Å². The molecule has 1 N–H and O–H groups in total. The summed E-state index contributed by atoms with van der Waals surface area (Å²) in [5.74, 6) is 1.08. The molecule has 1 unspecified atom stereocenters. The molecule has 2 heterocycles. The number of hydrogen-bond donors (Lipinski definition) is 1. The highest BCUT2D eigenvalue weighted by atomic mass is 32.1. The zero-order chi connectivity index (χ0) is 47.7. The number of fused-ring (bicyclic) bond motifs is 1. The Kier molecular flexibility index (Phi) is 16.9. The first kappa shape index (κ1) is 50.1. The van der Waals surface area contributed by atoms with Gasteiger partial charge in [0.15, 0.2) is 23.0 Å². The van der Waals surface area contributed by atoms with Crippen LogP contribution in [-0.4, -0.2) is 68.8 Å². The first-order valence-corrected chi connectivity index (χ1v) is 22.9. The van der Waals surface area contributed by atoms with Gasteiger partial charge >= 0.3 is 5.97 Å². The summed E-state index contributed by atoms with van der Waals surface area (Å²) in [5.41, 5.74) is 4.21. The summed E-state index contributed by atoms with van der Waals surface area (Å²) in [5, 5.41) is 12.3. The molecular formula is C51H64N2O11S. The summed E-state index contributed by atoms with van der Waals surface area (Å²) in [4.78, 5) is 24.7. The molecule has 0 amide bonds. The molecule has 65 heavy (non-hydrogen) atoms. The van der Waals surface area contributed by atoms with Crippen LogP contribution in [0.4, 0.5) is 0 Å². The molecule has 0 saturated heterocycles. The second kappa shape index (κ2) is 21.9. The van der Waals surface area contributed by atoms with Gasteiger partial charge in [0.25, 0.3) is 5.79 Å². The second-order valence-electron chi connectivity index (χ2n) is 17.6. The molecule has 0 saturated carbocycles. The van der Waals surface area contributed by atoms with Gasteiger partial charge in [-0.2, -0.15) is 8.75 Å². The fourth-order valence-corrected chi connectivity index (χ4v) is 7.43. The van der Waals surface area contributed by atoms with Crippen molar-refractivity contribution in [1.82, 2.24) is 8.75 Å². The van der Waals surface area contributed by atoms with Crippen LogP contribution in [-0.2, 0) is 21.7 Å². The summed E-state index contributed by atoms with van der Waals surface area (Å²) in [6.07, 6.45) is 0.437. The Morgan fingerprint density at radius 2 is 1.03 bits per heavy atom. The summed E-state index contributed by atoms with van der Waals surface area (Å²) in [7, 11) is 0. The molecule has 1 aliphatic rings. The third-order valence-corrected chi connectivity index (χ3v) is 9.67. The zero-order valence-electron chi connectivity index (χ0n) is 40.0. The highest BCUT2D eigenvalue weighted by Gasteiger charge is 2.48. The summed E-state index contributed by atoms with van der Waals surface area (Å²) in [6.45, 7) is 27.1. The first-order valence-electron chi connectivity index (χ1n) is 22.2. The molecule has 4 aromatic carbocycles. The monoisotopic (exact) mass is 912 g/mol. The van der Waals surface area contributed by atoms with Crippen LogP contribution in [0.5, 0.6) is 40.2 Å². The van der Waals surface area contributed by atoms with E-state index in [2.05, 4.69) is 8.75 Å². The molecule has 13 nitrogen and oxygen atoms in total. The summed E-state index contributed by atoms with van der Waals surface area (Å²) in [6, 6.07) is 19.4. The fraction of sp³-hybridized carbons (Fsp3) is 0.451. The Morgan fingerprint density at radius 1 is 0.585 bits per heavy atom. The predicted molar refractivity (Wildman–Crippen MR) is 253 cm³/mol. The van der Waals surface area contributed by atoms with Crippen molar-refractivity contribution in [3.63, 3.8) is 0 Å². The van der Waals surface area contributed by atoms with Gasteiger partial charge in [0, 0.05) is 23.1 Å². The van der Waals surface area contributed by atoms with Crippen molar-refractivity contribution in [2.45, 2.75) is 152 Å². The van der Waals surface area contributed by atoms with E-state index in [0.29, 0.717) is 68.0 Å². The van der Waals surface area contributed by atoms with E-state index in [1.165, 1.54) is 0 Å². The lowest BCUT2D eigenvalue weighted by Gasteiger charge is -2.27. The molecular weight excluding hydrogens is 849 g/mol. The lowest BCUT2D eigenvalue weighted by molar-refractivity contribution is -0.185. The predicted octanol–water partition coefficient (Wildman–Crippen LogP) is 11.1. The van der Waals surface area contributed by atoms with E-state index in [9.17, 15) is 14.7 Å². The Balaban J connectivity index is 0.000000333. The minimum atomic E-state index is -2.05. The molecule has 1 aliphatic heterocycles. The highest BCUT2D eigenvalue weighted by Crippen LogP contribution is 2.48. The summed E-state index contributed by atoms with van der Waals surface area (Å²) < 4.78 is 56.2. The van der Waals surface area contributed by atoms with Gasteiger partial charge in [-0.05, 0) is 169 Å². The van der Waals surface area contributed by atoms with E-state index in [1.807, 2.05) is 115 Å². The molecule has 14 heteroatoms. The maximum Gasteiger partial charge on any atom is 0.342 e. The standard InChI is InChI=1S/C35H40N2O7S.C16H24O4/c1-19(2)40-26-12-10-25(11-13-26)35(39)27(32(34(38)44-35)24-9-14-28-29(18-24)37-45-36-28)15-23-16-30(41-20(3)4)33(43-22(7)8)31(17-23)42-21(5)6;1-10(2)18-14-7-13(9-17)8-15(19-11(3)4)16(14)20-12(5)6/h9-14,16-22,39H,15H2,1-8H3;7-12H,1-6H3. The topological polar surface area (TPSA) is 154 Å². The summed E-state index contributed by atoms with van der Waals surface area (Å²) >= 11 is 1.10. The molecule has 5 aromatic rings. The minimum absolute atomic E-state index is 0.0129. The van der Waals surface area contributed by atoms with E-state index >= 15 is 0 Å².